The first-order valence-electron chi connectivity index (χ1n) is 9.15. The maximum Gasteiger partial charge on any atom is 0.258 e. The summed E-state index contributed by atoms with van der Waals surface area (Å²) in [4.78, 5) is 26.3. The number of fused-ring (bicyclic) bond motifs is 1. The number of aryl methyl sites for hydroxylation is 2. The molecule has 0 fully saturated rings. The summed E-state index contributed by atoms with van der Waals surface area (Å²) in [7, 11) is 0. The van der Waals surface area contributed by atoms with Gasteiger partial charge in [-0.15, -0.1) is 0 Å². The number of nitrogens with one attached hydrogen (secondary N) is 1. The highest BCUT2D eigenvalue weighted by atomic mass is 16.8. The van der Waals surface area contributed by atoms with Crippen LogP contribution in [0.15, 0.2) is 42.5 Å². The Bertz CT molecular complexity index is 849. The number of ketones is 1. The largest absolute Gasteiger partial charge is 0.595 e. The molecule has 0 spiro atoms. The van der Waals surface area contributed by atoms with Crippen LogP contribution < -0.4 is 10.1 Å². The molecule has 0 saturated heterocycles. The fourth-order valence-corrected chi connectivity index (χ4v) is 3.58. The van der Waals surface area contributed by atoms with Gasteiger partial charge in [-0.3, -0.25) is 4.79 Å². The van der Waals surface area contributed by atoms with Gasteiger partial charge in [-0.25, -0.2) is 5.21 Å². The third-order valence-electron chi connectivity index (χ3n) is 5.05. The van der Waals surface area contributed by atoms with E-state index in [2.05, 4.69) is 0 Å². The van der Waals surface area contributed by atoms with Crippen molar-refractivity contribution in [2.75, 3.05) is 4.90 Å². The lowest BCUT2D eigenvalue weighted by Gasteiger charge is -2.36. The quantitative estimate of drug-likeness (QED) is 0.795. The molecule has 1 heterocycles. The van der Waals surface area contributed by atoms with E-state index < -0.39 is 5.23 Å². The van der Waals surface area contributed by atoms with E-state index >= 15 is 0 Å². The molecule has 6 nitrogen and oxygen atoms in total. The molecule has 0 aromatic heterocycles. The fraction of sp³-hybridized carbons (Fsp3) is 0.333. The molecular formula is C21H24N2O4. The minimum absolute atomic E-state index is 0.00893. The Morgan fingerprint density at radius 2 is 1.96 bits per heavy atom. The summed E-state index contributed by atoms with van der Waals surface area (Å²) in [5.74, 6) is -0.0840. The monoisotopic (exact) mass is 368 g/mol. The van der Waals surface area contributed by atoms with Gasteiger partial charge in [0.05, 0.1) is 0 Å². The van der Waals surface area contributed by atoms with Gasteiger partial charge < -0.3 is 14.9 Å². The van der Waals surface area contributed by atoms with Gasteiger partial charge in [-0.05, 0) is 56.9 Å². The number of anilines is 1. The molecule has 0 radical (unpaired) electrons. The average Bonchev–Trinajstić information content (AvgIpc) is 2.65. The molecule has 1 aliphatic rings. The summed E-state index contributed by atoms with van der Waals surface area (Å²) in [6, 6.07) is 12.6. The molecule has 27 heavy (non-hydrogen) atoms. The Morgan fingerprint density at radius 1 is 1.26 bits per heavy atom. The molecule has 142 valence electrons. The molecule has 2 aromatic rings. The smallest absolute Gasteiger partial charge is 0.258 e. The van der Waals surface area contributed by atoms with Crippen LogP contribution in [0.3, 0.4) is 0 Å². The zero-order chi connectivity index (χ0) is 19.6. The van der Waals surface area contributed by atoms with Crippen LogP contribution in [0.2, 0.25) is 0 Å². The number of carbonyl (C=O) groups is 2. The zero-order valence-electron chi connectivity index (χ0n) is 15.6. The van der Waals surface area contributed by atoms with E-state index in [9.17, 15) is 20.0 Å². The molecule has 2 atom stereocenters. The molecule has 6 heteroatoms. The summed E-state index contributed by atoms with van der Waals surface area (Å²) in [5, 5.41) is 20.3. The van der Waals surface area contributed by atoms with E-state index in [1.807, 2.05) is 25.1 Å². The van der Waals surface area contributed by atoms with Crippen molar-refractivity contribution in [2.45, 2.75) is 45.6 Å². The first-order valence-corrected chi connectivity index (χ1v) is 9.15. The molecule has 1 unspecified atom stereocenters. The van der Waals surface area contributed by atoms with Crippen LogP contribution in [-0.2, 0) is 17.6 Å². The highest BCUT2D eigenvalue weighted by molar-refractivity contribution is 6.07. The fourth-order valence-electron chi connectivity index (χ4n) is 3.58. The van der Waals surface area contributed by atoms with Gasteiger partial charge >= 0.3 is 0 Å². The number of hydrogen-bond acceptors (Lipinski definition) is 4. The first kappa shape index (κ1) is 19.2. The van der Waals surface area contributed by atoms with Gasteiger partial charge in [-0.1, -0.05) is 18.2 Å². The van der Waals surface area contributed by atoms with Gasteiger partial charge in [0, 0.05) is 35.3 Å². The zero-order valence-corrected chi connectivity index (χ0v) is 15.6. The summed E-state index contributed by atoms with van der Waals surface area (Å²) >= 11 is 0. The highest BCUT2D eigenvalue weighted by Crippen LogP contribution is 2.35. The molecule has 2 N–H and O–H groups in total. The van der Waals surface area contributed by atoms with Crippen molar-refractivity contribution in [2.24, 2.45) is 0 Å². The number of carbonyl (C=O) groups excluding carboxylic acids is 2. The van der Waals surface area contributed by atoms with Gasteiger partial charge in [0.2, 0.25) is 0 Å². The average molecular weight is 368 g/mol. The van der Waals surface area contributed by atoms with Crippen LogP contribution in [0, 0.1) is 5.21 Å². The second-order valence-corrected chi connectivity index (χ2v) is 7.07. The van der Waals surface area contributed by atoms with Crippen molar-refractivity contribution in [3.8, 4) is 0 Å². The number of rotatable bonds is 5. The van der Waals surface area contributed by atoms with E-state index in [4.69, 9.17) is 0 Å². The molecular weight excluding hydrogens is 344 g/mol. The van der Waals surface area contributed by atoms with Crippen molar-refractivity contribution in [1.29, 1.82) is 0 Å². The molecule has 0 aliphatic carbocycles. The Morgan fingerprint density at radius 3 is 2.59 bits per heavy atom. The second kappa shape index (κ2) is 8.00. The predicted molar refractivity (Wildman–Crippen MR) is 102 cm³/mol. The summed E-state index contributed by atoms with van der Waals surface area (Å²) in [6.45, 7) is 3.50. The maximum atomic E-state index is 13.1. The summed E-state index contributed by atoms with van der Waals surface area (Å²) < 4.78 is 0. The van der Waals surface area contributed by atoms with Gasteiger partial charge in [-0.2, -0.15) is 5.23 Å². The molecule has 3 rings (SSSR count). The van der Waals surface area contributed by atoms with Crippen molar-refractivity contribution >= 4 is 23.1 Å². The van der Waals surface area contributed by atoms with Gasteiger partial charge in [0.25, 0.3) is 5.91 Å². The second-order valence-electron chi connectivity index (χ2n) is 7.07. The molecule has 1 amide bonds. The molecule has 2 aromatic carbocycles. The standard InChI is InChI=1S/C21H24N2O4/c1-14-8-10-17-13-20(23(26)27)18(11-9-15(2)24)12-19(17)22(14)21(25)16-6-4-3-5-7-16/h3-7,12-14,23,26H,8-11H2,1-2H3/t14-/m1/s1. The number of Topliss-reactive ketones (excluding diaryl/α,β-unsaturated/α-hetero) is 1. The number of amides is 1. The Balaban J connectivity index is 2.06. The summed E-state index contributed by atoms with van der Waals surface area (Å²) in [6.07, 6.45) is 2.13. The van der Waals surface area contributed by atoms with Crippen LogP contribution >= 0.6 is 0 Å². The molecule has 0 saturated carbocycles. The lowest BCUT2D eigenvalue weighted by Crippen LogP contribution is -2.99. The first-order chi connectivity index (χ1) is 12.9. The van der Waals surface area contributed by atoms with E-state index in [0.717, 1.165) is 24.1 Å². The Hall–Kier alpha value is -2.54. The van der Waals surface area contributed by atoms with Gasteiger partial charge in [0.15, 0.2) is 5.69 Å². The Kier molecular flexibility index (Phi) is 5.70. The van der Waals surface area contributed by atoms with E-state index in [0.29, 0.717) is 17.5 Å². The minimum atomic E-state index is -1.00. The molecule has 1 aliphatic heterocycles. The molecule has 0 bridgehead atoms. The summed E-state index contributed by atoms with van der Waals surface area (Å²) in [5.41, 5.74) is 3.03. The number of nitrogens with zero attached hydrogens (tertiary/aromatic N) is 1. The van der Waals surface area contributed by atoms with Crippen LogP contribution in [-0.4, -0.2) is 22.9 Å². The third kappa shape index (κ3) is 4.08. The van der Waals surface area contributed by atoms with Crippen LogP contribution in [0.1, 0.15) is 48.2 Å². The Labute approximate surface area is 158 Å². The SMILES string of the molecule is CC(=O)CCc1cc2c(cc1[NH+]([O-])O)CC[C@@H](C)N2C(=O)c1ccccc1. The van der Waals surface area contributed by atoms with Crippen LogP contribution in [0.4, 0.5) is 11.4 Å². The number of hydrogen-bond donors (Lipinski definition) is 2. The topological polar surface area (TPSA) is 85.1 Å². The van der Waals surface area contributed by atoms with Crippen molar-refractivity contribution < 1.29 is 20.0 Å². The normalized spacial score (nSPS) is 17.3. The lowest BCUT2D eigenvalue weighted by molar-refractivity contribution is -0.991. The van der Waals surface area contributed by atoms with Crippen LogP contribution in [0.25, 0.3) is 0 Å². The van der Waals surface area contributed by atoms with E-state index in [1.165, 1.54) is 6.92 Å². The van der Waals surface area contributed by atoms with Crippen molar-refractivity contribution in [1.82, 2.24) is 0 Å². The predicted octanol–water partition coefficient (Wildman–Crippen LogP) is 2.59. The number of quaternary nitrogens is 1. The van der Waals surface area contributed by atoms with Crippen molar-refractivity contribution in [3.05, 3.63) is 64.4 Å². The number of benzene rings is 2. The van der Waals surface area contributed by atoms with E-state index in [-0.39, 0.29) is 29.8 Å². The minimum Gasteiger partial charge on any atom is -0.595 e. The lowest BCUT2D eigenvalue weighted by atomic mass is 9.92. The third-order valence-corrected chi connectivity index (χ3v) is 5.05. The van der Waals surface area contributed by atoms with Crippen molar-refractivity contribution in [3.63, 3.8) is 0 Å². The highest BCUT2D eigenvalue weighted by Gasteiger charge is 2.31. The maximum absolute atomic E-state index is 13.1. The van der Waals surface area contributed by atoms with Gasteiger partial charge in [0.1, 0.15) is 5.78 Å². The van der Waals surface area contributed by atoms with E-state index in [1.54, 1.807) is 29.2 Å². The van der Waals surface area contributed by atoms with Crippen LogP contribution in [0.5, 0.6) is 0 Å².